The van der Waals surface area contributed by atoms with E-state index in [1.165, 1.54) is 17.7 Å². The third-order valence-electron chi connectivity index (χ3n) is 3.92. The number of sulfonamides is 1. The number of primary sulfonamides is 1. The molecular weight excluding hydrogens is 338 g/mol. The van der Waals surface area contributed by atoms with Gasteiger partial charge in [-0.05, 0) is 42.3 Å². The highest BCUT2D eigenvalue weighted by atomic mass is 32.2. The van der Waals surface area contributed by atoms with Crippen LogP contribution in [0.15, 0.2) is 59.5 Å². The lowest BCUT2D eigenvalue weighted by atomic mass is 10.1. The molecule has 0 amide bonds. The second-order valence-electron chi connectivity index (χ2n) is 5.57. The zero-order valence-electron chi connectivity index (χ0n) is 13.6. The smallest absolute Gasteiger partial charge is 0.238 e. The maximum absolute atomic E-state index is 11.4. The molecule has 7 heteroatoms. The summed E-state index contributed by atoms with van der Waals surface area (Å²) in [5.74, 6) is 0. The first-order valence-corrected chi connectivity index (χ1v) is 9.25. The first-order valence-electron chi connectivity index (χ1n) is 7.70. The molecule has 0 unspecified atom stereocenters. The van der Waals surface area contributed by atoms with Gasteiger partial charge in [0.2, 0.25) is 10.0 Å². The first-order chi connectivity index (χ1) is 11.9. The second kappa shape index (κ2) is 6.62. The summed E-state index contributed by atoms with van der Waals surface area (Å²) in [6, 6.07) is 15.7. The SMILES string of the molecule is CCc1ccc(-c2cc(C=O)nn2-c2ccc(S(N)(=O)=O)cc2)cc1. The molecule has 6 nitrogen and oxygen atoms in total. The number of nitrogens with zero attached hydrogens (tertiary/aromatic N) is 2. The summed E-state index contributed by atoms with van der Waals surface area (Å²) in [7, 11) is -3.76. The minimum absolute atomic E-state index is 0.0212. The van der Waals surface area contributed by atoms with Crippen molar-refractivity contribution in [3.05, 3.63) is 65.9 Å². The second-order valence-corrected chi connectivity index (χ2v) is 7.13. The zero-order valence-corrected chi connectivity index (χ0v) is 14.4. The third-order valence-corrected chi connectivity index (χ3v) is 4.85. The number of aldehydes is 1. The summed E-state index contributed by atoms with van der Waals surface area (Å²) in [6.45, 7) is 2.08. The molecule has 1 heterocycles. The van der Waals surface area contributed by atoms with Gasteiger partial charge in [-0.2, -0.15) is 5.10 Å². The maximum Gasteiger partial charge on any atom is 0.238 e. The molecule has 1 aromatic heterocycles. The number of aromatic nitrogens is 2. The summed E-state index contributed by atoms with van der Waals surface area (Å²) < 4.78 is 24.4. The van der Waals surface area contributed by atoms with Crippen molar-refractivity contribution in [2.45, 2.75) is 18.2 Å². The highest BCUT2D eigenvalue weighted by molar-refractivity contribution is 7.89. The Morgan fingerprint density at radius 1 is 1.08 bits per heavy atom. The van der Waals surface area contributed by atoms with Crippen LogP contribution in [0.4, 0.5) is 0 Å². The number of carbonyl (C=O) groups is 1. The largest absolute Gasteiger partial charge is 0.296 e. The number of hydrogen-bond acceptors (Lipinski definition) is 4. The van der Waals surface area contributed by atoms with Crippen molar-refractivity contribution in [1.29, 1.82) is 0 Å². The average molecular weight is 355 g/mol. The number of hydrogen-bond donors (Lipinski definition) is 1. The molecule has 2 aromatic carbocycles. The molecule has 0 radical (unpaired) electrons. The highest BCUT2D eigenvalue weighted by Gasteiger charge is 2.13. The summed E-state index contributed by atoms with van der Waals surface area (Å²) in [5, 5.41) is 9.40. The van der Waals surface area contributed by atoms with E-state index in [4.69, 9.17) is 5.14 Å². The lowest BCUT2D eigenvalue weighted by molar-refractivity contribution is 0.111. The topological polar surface area (TPSA) is 95.0 Å². The van der Waals surface area contributed by atoms with Crippen LogP contribution in [-0.2, 0) is 16.4 Å². The zero-order chi connectivity index (χ0) is 18.0. The minimum atomic E-state index is -3.76. The fourth-order valence-corrected chi connectivity index (χ4v) is 3.06. The molecule has 0 spiro atoms. The van der Waals surface area contributed by atoms with Gasteiger partial charge in [0.1, 0.15) is 5.69 Å². The van der Waals surface area contributed by atoms with Gasteiger partial charge in [0, 0.05) is 5.56 Å². The van der Waals surface area contributed by atoms with E-state index in [-0.39, 0.29) is 4.90 Å². The molecule has 0 aliphatic rings. The first kappa shape index (κ1) is 17.1. The van der Waals surface area contributed by atoms with Crippen LogP contribution in [-0.4, -0.2) is 24.5 Å². The van der Waals surface area contributed by atoms with Crippen LogP contribution in [0.5, 0.6) is 0 Å². The van der Waals surface area contributed by atoms with Crippen LogP contribution in [0.2, 0.25) is 0 Å². The Morgan fingerprint density at radius 2 is 1.72 bits per heavy atom. The normalized spacial score (nSPS) is 11.4. The Kier molecular flexibility index (Phi) is 4.52. The average Bonchev–Trinajstić information content (AvgIpc) is 3.05. The van der Waals surface area contributed by atoms with Gasteiger partial charge in [0.05, 0.1) is 16.3 Å². The maximum atomic E-state index is 11.4. The van der Waals surface area contributed by atoms with Crippen LogP contribution >= 0.6 is 0 Å². The van der Waals surface area contributed by atoms with E-state index >= 15 is 0 Å². The van der Waals surface area contributed by atoms with Gasteiger partial charge in [-0.25, -0.2) is 18.2 Å². The van der Waals surface area contributed by atoms with Gasteiger partial charge < -0.3 is 0 Å². The highest BCUT2D eigenvalue weighted by Crippen LogP contribution is 2.25. The van der Waals surface area contributed by atoms with Crippen LogP contribution in [0.3, 0.4) is 0 Å². The third kappa shape index (κ3) is 3.52. The van der Waals surface area contributed by atoms with Crippen molar-refractivity contribution < 1.29 is 13.2 Å². The van der Waals surface area contributed by atoms with Gasteiger partial charge in [-0.15, -0.1) is 0 Å². The molecule has 0 saturated heterocycles. The van der Waals surface area contributed by atoms with Crippen molar-refractivity contribution in [1.82, 2.24) is 9.78 Å². The van der Waals surface area contributed by atoms with E-state index in [1.54, 1.807) is 22.9 Å². The van der Waals surface area contributed by atoms with Crippen LogP contribution in [0, 0.1) is 0 Å². The molecule has 0 fully saturated rings. The monoisotopic (exact) mass is 355 g/mol. The number of benzene rings is 2. The molecule has 0 bridgehead atoms. The molecule has 3 rings (SSSR count). The van der Waals surface area contributed by atoms with Gasteiger partial charge in [0.25, 0.3) is 0 Å². The Labute approximate surface area is 146 Å². The minimum Gasteiger partial charge on any atom is -0.296 e. The van der Waals surface area contributed by atoms with E-state index < -0.39 is 10.0 Å². The Morgan fingerprint density at radius 3 is 2.24 bits per heavy atom. The van der Waals surface area contributed by atoms with E-state index in [9.17, 15) is 13.2 Å². The van der Waals surface area contributed by atoms with Crippen molar-refractivity contribution >= 4 is 16.3 Å². The van der Waals surface area contributed by atoms with Gasteiger partial charge >= 0.3 is 0 Å². The summed E-state index contributed by atoms with van der Waals surface area (Å²) in [4.78, 5) is 11.2. The Balaban J connectivity index is 2.09. The van der Waals surface area contributed by atoms with E-state index in [1.807, 2.05) is 24.3 Å². The summed E-state index contributed by atoms with van der Waals surface area (Å²) in [6.07, 6.45) is 1.62. The fraction of sp³-hybridized carbons (Fsp3) is 0.111. The molecule has 0 saturated carbocycles. The molecule has 0 atom stereocenters. The van der Waals surface area contributed by atoms with Gasteiger partial charge in [-0.3, -0.25) is 4.79 Å². The number of aryl methyl sites for hydroxylation is 1. The Bertz CT molecular complexity index is 1000. The Hall–Kier alpha value is -2.77. The standard InChI is InChI=1S/C18H17N3O3S/c1-2-13-3-5-14(6-4-13)18-11-15(12-22)20-21(18)16-7-9-17(10-8-16)25(19,23)24/h3-12H,2H2,1H3,(H2,19,23,24). The molecule has 128 valence electrons. The molecule has 0 aliphatic heterocycles. The fourth-order valence-electron chi connectivity index (χ4n) is 2.55. The van der Waals surface area contributed by atoms with Crippen molar-refractivity contribution in [2.75, 3.05) is 0 Å². The van der Waals surface area contributed by atoms with E-state index in [0.29, 0.717) is 17.7 Å². The van der Waals surface area contributed by atoms with Crippen molar-refractivity contribution in [3.8, 4) is 16.9 Å². The summed E-state index contributed by atoms with van der Waals surface area (Å²) >= 11 is 0. The van der Waals surface area contributed by atoms with Crippen LogP contribution < -0.4 is 5.14 Å². The lowest BCUT2D eigenvalue weighted by Crippen LogP contribution is -2.12. The molecule has 0 aliphatic carbocycles. The van der Waals surface area contributed by atoms with E-state index in [0.717, 1.165) is 17.7 Å². The lowest BCUT2D eigenvalue weighted by Gasteiger charge is -2.09. The van der Waals surface area contributed by atoms with Crippen molar-refractivity contribution in [3.63, 3.8) is 0 Å². The molecule has 25 heavy (non-hydrogen) atoms. The van der Waals surface area contributed by atoms with Crippen LogP contribution in [0.1, 0.15) is 23.0 Å². The molecule has 2 N–H and O–H groups in total. The van der Waals surface area contributed by atoms with Gasteiger partial charge in [0.15, 0.2) is 6.29 Å². The number of nitrogens with two attached hydrogens (primary N) is 1. The predicted octanol–water partition coefficient (Wildman–Crippen LogP) is 2.56. The quantitative estimate of drug-likeness (QED) is 0.712. The predicted molar refractivity (Wildman–Crippen MR) is 95.1 cm³/mol. The number of carbonyl (C=O) groups excluding carboxylic acids is 1. The molecule has 3 aromatic rings. The van der Waals surface area contributed by atoms with E-state index in [2.05, 4.69) is 12.0 Å². The van der Waals surface area contributed by atoms with Crippen molar-refractivity contribution in [2.24, 2.45) is 5.14 Å². The number of rotatable bonds is 5. The summed E-state index contributed by atoms with van der Waals surface area (Å²) in [5.41, 5.74) is 3.80. The van der Waals surface area contributed by atoms with Crippen LogP contribution in [0.25, 0.3) is 16.9 Å². The molecular formula is C18H17N3O3S. The van der Waals surface area contributed by atoms with Gasteiger partial charge in [-0.1, -0.05) is 31.2 Å².